The topological polar surface area (TPSA) is 60.9 Å². The number of nitrogens with zero attached hydrogens (tertiary/aromatic N) is 2. The first kappa shape index (κ1) is 14.8. The summed E-state index contributed by atoms with van der Waals surface area (Å²) >= 11 is 3.34. The Morgan fingerprint density at radius 3 is 2.85 bits per heavy atom. The molecule has 0 aliphatic rings. The van der Waals surface area contributed by atoms with E-state index in [2.05, 4.69) is 34.9 Å². The van der Waals surface area contributed by atoms with Gasteiger partial charge in [0, 0.05) is 28.0 Å². The molecule has 20 heavy (non-hydrogen) atoms. The second kappa shape index (κ2) is 6.22. The fourth-order valence-corrected chi connectivity index (χ4v) is 2.25. The highest BCUT2D eigenvalue weighted by Crippen LogP contribution is 2.21. The molecule has 0 fully saturated rings. The summed E-state index contributed by atoms with van der Waals surface area (Å²) in [4.78, 5) is 12.2. The molecule has 0 bridgehead atoms. The van der Waals surface area contributed by atoms with Gasteiger partial charge in [0.25, 0.3) is 0 Å². The molecular formula is C15H18BrN3O. The van der Waals surface area contributed by atoms with Crippen LogP contribution < -0.4 is 5.73 Å². The van der Waals surface area contributed by atoms with Crippen molar-refractivity contribution in [3.05, 3.63) is 46.2 Å². The first-order valence-electron chi connectivity index (χ1n) is 6.63. The molecule has 106 valence electrons. The maximum atomic E-state index is 12.2. The molecular weight excluding hydrogens is 318 g/mol. The lowest BCUT2D eigenvalue weighted by atomic mass is 10.1. The maximum absolute atomic E-state index is 12.2. The third-order valence-electron chi connectivity index (χ3n) is 3.37. The van der Waals surface area contributed by atoms with Crippen LogP contribution in [0.15, 0.2) is 34.9 Å². The number of halogens is 1. The van der Waals surface area contributed by atoms with Crippen molar-refractivity contribution >= 4 is 27.4 Å². The minimum Gasteiger partial charge on any atom is -0.398 e. The first-order valence-corrected chi connectivity index (χ1v) is 7.42. The summed E-state index contributed by atoms with van der Waals surface area (Å²) in [6, 6.07) is 7.48. The predicted molar refractivity (Wildman–Crippen MR) is 83.8 cm³/mol. The van der Waals surface area contributed by atoms with Gasteiger partial charge < -0.3 is 5.73 Å². The van der Waals surface area contributed by atoms with Gasteiger partial charge in [0.2, 0.25) is 0 Å². The molecule has 2 rings (SSSR count). The average molecular weight is 336 g/mol. The number of anilines is 1. The Hall–Kier alpha value is -1.62. The Bertz CT molecular complexity index is 621. The Morgan fingerprint density at radius 1 is 1.45 bits per heavy atom. The number of aromatic nitrogens is 2. The van der Waals surface area contributed by atoms with Gasteiger partial charge in [-0.25, -0.2) is 0 Å². The second-order valence-electron chi connectivity index (χ2n) is 4.88. The number of nitrogens with two attached hydrogens (primary N) is 1. The predicted octanol–water partition coefficient (Wildman–Crippen LogP) is 3.62. The number of ketones is 1. The standard InChI is InChI=1S/C15H18BrN3O/c1-3-10(2)19-7-6-12(18-19)9-15(20)11-4-5-14(17)13(16)8-11/h4-8,10H,3,9,17H2,1-2H3. The van der Waals surface area contributed by atoms with E-state index in [9.17, 15) is 4.79 Å². The molecule has 0 aliphatic carbocycles. The Labute approximate surface area is 127 Å². The lowest BCUT2D eigenvalue weighted by molar-refractivity contribution is 0.0991. The van der Waals surface area contributed by atoms with E-state index in [1.54, 1.807) is 18.2 Å². The van der Waals surface area contributed by atoms with Crippen molar-refractivity contribution in [2.75, 3.05) is 5.73 Å². The smallest absolute Gasteiger partial charge is 0.168 e. The SMILES string of the molecule is CCC(C)n1ccc(CC(=O)c2ccc(N)c(Br)c2)n1. The largest absolute Gasteiger partial charge is 0.398 e. The zero-order valence-electron chi connectivity index (χ0n) is 11.6. The molecule has 1 aromatic carbocycles. The molecule has 0 spiro atoms. The van der Waals surface area contributed by atoms with Crippen LogP contribution in [0.3, 0.4) is 0 Å². The molecule has 0 amide bonds. The zero-order chi connectivity index (χ0) is 14.7. The lowest BCUT2D eigenvalue weighted by Gasteiger charge is -2.08. The number of nitrogen functional groups attached to an aromatic ring is 1. The van der Waals surface area contributed by atoms with Crippen LogP contribution in [-0.4, -0.2) is 15.6 Å². The minimum atomic E-state index is 0.0418. The highest BCUT2D eigenvalue weighted by molar-refractivity contribution is 9.10. The van der Waals surface area contributed by atoms with E-state index in [0.717, 1.165) is 16.6 Å². The molecule has 1 heterocycles. The summed E-state index contributed by atoms with van der Waals surface area (Å²) in [6.07, 6.45) is 3.25. The van der Waals surface area contributed by atoms with Gasteiger partial charge in [0.15, 0.2) is 5.78 Å². The first-order chi connectivity index (χ1) is 9.51. The van der Waals surface area contributed by atoms with Gasteiger partial charge in [-0.1, -0.05) is 6.92 Å². The molecule has 0 aliphatic heterocycles. The molecule has 0 saturated heterocycles. The maximum Gasteiger partial charge on any atom is 0.168 e. The number of carbonyl (C=O) groups is 1. The van der Waals surface area contributed by atoms with Crippen molar-refractivity contribution in [3.8, 4) is 0 Å². The van der Waals surface area contributed by atoms with Gasteiger partial charge in [-0.15, -0.1) is 0 Å². The Kier molecular flexibility index (Phi) is 4.60. The van der Waals surface area contributed by atoms with Crippen LogP contribution in [0, 0.1) is 0 Å². The van der Waals surface area contributed by atoms with Crippen molar-refractivity contribution in [1.82, 2.24) is 9.78 Å². The number of hydrogen-bond donors (Lipinski definition) is 1. The molecule has 2 aromatic rings. The van der Waals surface area contributed by atoms with Gasteiger partial charge in [-0.2, -0.15) is 5.10 Å². The zero-order valence-corrected chi connectivity index (χ0v) is 13.2. The molecule has 4 nitrogen and oxygen atoms in total. The van der Waals surface area contributed by atoms with Crippen LogP contribution in [0.25, 0.3) is 0 Å². The van der Waals surface area contributed by atoms with Gasteiger partial charge in [-0.3, -0.25) is 9.48 Å². The summed E-state index contributed by atoms with van der Waals surface area (Å²) in [7, 11) is 0. The fraction of sp³-hybridized carbons (Fsp3) is 0.333. The van der Waals surface area contributed by atoms with E-state index >= 15 is 0 Å². The molecule has 1 aromatic heterocycles. The third kappa shape index (κ3) is 3.28. The molecule has 1 atom stereocenters. The van der Waals surface area contributed by atoms with E-state index in [-0.39, 0.29) is 5.78 Å². The van der Waals surface area contributed by atoms with Crippen LogP contribution >= 0.6 is 15.9 Å². The van der Waals surface area contributed by atoms with Crippen molar-refractivity contribution in [2.45, 2.75) is 32.7 Å². The number of carbonyl (C=O) groups excluding carboxylic acids is 1. The van der Waals surface area contributed by atoms with Gasteiger partial charge in [0.1, 0.15) is 0 Å². The monoisotopic (exact) mass is 335 g/mol. The highest BCUT2D eigenvalue weighted by atomic mass is 79.9. The third-order valence-corrected chi connectivity index (χ3v) is 4.06. The van der Waals surface area contributed by atoms with Crippen LogP contribution in [0.4, 0.5) is 5.69 Å². The van der Waals surface area contributed by atoms with Crippen LogP contribution in [-0.2, 0) is 6.42 Å². The summed E-state index contributed by atoms with van der Waals surface area (Å²) in [5.41, 5.74) is 7.78. The van der Waals surface area contributed by atoms with E-state index in [4.69, 9.17) is 5.73 Å². The fourth-order valence-electron chi connectivity index (χ4n) is 1.87. The van der Waals surface area contributed by atoms with Crippen LogP contribution in [0.1, 0.15) is 42.4 Å². The highest BCUT2D eigenvalue weighted by Gasteiger charge is 2.12. The van der Waals surface area contributed by atoms with Gasteiger partial charge in [-0.05, 0) is 53.5 Å². The van der Waals surface area contributed by atoms with Crippen molar-refractivity contribution in [2.24, 2.45) is 0 Å². The number of Topliss-reactive ketones (excluding diaryl/α,β-unsaturated/α-hetero) is 1. The average Bonchev–Trinajstić information content (AvgIpc) is 2.89. The molecule has 2 N–H and O–H groups in total. The quantitative estimate of drug-likeness (QED) is 0.670. The number of hydrogen-bond acceptors (Lipinski definition) is 3. The minimum absolute atomic E-state index is 0.0418. The Balaban J connectivity index is 2.11. The van der Waals surface area contributed by atoms with Gasteiger partial charge in [0.05, 0.1) is 12.1 Å². The van der Waals surface area contributed by atoms with Crippen LogP contribution in [0.5, 0.6) is 0 Å². The Morgan fingerprint density at radius 2 is 2.20 bits per heavy atom. The van der Waals surface area contributed by atoms with E-state index in [1.165, 1.54) is 0 Å². The van der Waals surface area contributed by atoms with Crippen molar-refractivity contribution in [1.29, 1.82) is 0 Å². The van der Waals surface area contributed by atoms with E-state index in [1.807, 2.05) is 16.9 Å². The van der Waals surface area contributed by atoms with E-state index < -0.39 is 0 Å². The van der Waals surface area contributed by atoms with E-state index in [0.29, 0.717) is 23.7 Å². The molecule has 5 heteroatoms. The summed E-state index contributed by atoms with van der Waals surface area (Å²) in [5.74, 6) is 0.0418. The second-order valence-corrected chi connectivity index (χ2v) is 5.73. The number of rotatable bonds is 5. The summed E-state index contributed by atoms with van der Waals surface area (Å²) in [6.45, 7) is 4.22. The summed E-state index contributed by atoms with van der Waals surface area (Å²) < 4.78 is 2.65. The molecule has 0 radical (unpaired) electrons. The molecule has 1 unspecified atom stereocenters. The summed E-state index contributed by atoms with van der Waals surface area (Å²) in [5, 5.41) is 4.45. The van der Waals surface area contributed by atoms with Crippen LogP contribution in [0.2, 0.25) is 0 Å². The van der Waals surface area contributed by atoms with Crippen molar-refractivity contribution < 1.29 is 4.79 Å². The molecule has 0 saturated carbocycles. The number of benzene rings is 1. The normalized spacial score (nSPS) is 12.3. The van der Waals surface area contributed by atoms with Gasteiger partial charge >= 0.3 is 0 Å². The van der Waals surface area contributed by atoms with Crippen molar-refractivity contribution in [3.63, 3.8) is 0 Å². The lowest BCUT2D eigenvalue weighted by Crippen LogP contribution is -2.08.